The SMILES string of the molecule is Cc1cnc(SCCN2CCOCC2)nc1[C@H]1CCCN(C(=O)c2ccc(OC(C)C)cc2)C1. The maximum atomic E-state index is 13.2. The van der Waals surface area contributed by atoms with Gasteiger partial charge in [0.15, 0.2) is 5.16 Å². The minimum atomic E-state index is 0.0765. The van der Waals surface area contributed by atoms with Crippen molar-refractivity contribution in [2.75, 3.05) is 51.7 Å². The number of aromatic nitrogens is 2. The Balaban J connectivity index is 1.37. The molecule has 3 heterocycles. The fourth-order valence-corrected chi connectivity index (χ4v) is 5.35. The van der Waals surface area contributed by atoms with Gasteiger partial charge in [-0.2, -0.15) is 0 Å². The molecule has 0 N–H and O–H groups in total. The number of piperidine rings is 1. The fraction of sp³-hybridized carbons (Fsp3) is 0.577. The van der Waals surface area contributed by atoms with Crippen LogP contribution in [0.15, 0.2) is 35.6 Å². The number of likely N-dealkylation sites (tertiary alicyclic amines) is 1. The summed E-state index contributed by atoms with van der Waals surface area (Å²) >= 11 is 1.71. The van der Waals surface area contributed by atoms with Crippen molar-refractivity contribution in [1.82, 2.24) is 19.8 Å². The predicted octanol–water partition coefficient (Wildman–Crippen LogP) is 4.02. The third-order valence-electron chi connectivity index (χ3n) is 6.30. The highest BCUT2D eigenvalue weighted by Gasteiger charge is 2.28. The van der Waals surface area contributed by atoms with Crippen LogP contribution >= 0.6 is 11.8 Å². The number of ether oxygens (including phenoxy) is 2. The highest BCUT2D eigenvalue weighted by atomic mass is 32.2. The summed E-state index contributed by atoms with van der Waals surface area (Å²) in [5.74, 6) is 2.07. The van der Waals surface area contributed by atoms with Crippen molar-refractivity contribution >= 4 is 17.7 Å². The van der Waals surface area contributed by atoms with Crippen LogP contribution in [0.5, 0.6) is 5.75 Å². The normalized spacial score (nSPS) is 19.4. The van der Waals surface area contributed by atoms with E-state index in [1.54, 1.807) is 11.8 Å². The lowest BCUT2D eigenvalue weighted by atomic mass is 9.92. The Bertz CT molecular complexity index is 948. The third kappa shape index (κ3) is 6.71. The molecule has 0 saturated carbocycles. The van der Waals surface area contributed by atoms with Crippen molar-refractivity contribution in [3.8, 4) is 5.75 Å². The number of rotatable bonds is 8. The molecule has 7 nitrogen and oxygen atoms in total. The minimum absolute atomic E-state index is 0.0765. The van der Waals surface area contributed by atoms with Gasteiger partial charge in [-0.25, -0.2) is 9.97 Å². The lowest BCUT2D eigenvalue weighted by Crippen LogP contribution is -2.39. The first kappa shape index (κ1) is 24.9. The number of hydrogen-bond donors (Lipinski definition) is 0. The smallest absolute Gasteiger partial charge is 0.253 e. The van der Waals surface area contributed by atoms with Crippen molar-refractivity contribution in [2.45, 2.75) is 50.8 Å². The standard InChI is InChI=1S/C26H36N4O3S/c1-19(2)33-23-8-6-21(7-9-23)25(31)30-10-4-5-22(18-30)24-20(3)17-27-26(28-24)34-16-13-29-11-14-32-15-12-29/h6-9,17,19,22H,4-5,10-16,18H2,1-3H3/t22-/m0/s1. The van der Waals surface area contributed by atoms with Crippen LogP contribution in [0, 0.1) is 6.92 Å². The molecule has 184 valence electrons. The monoisotopic (exact) mass is 484 g/mol. The number of carbonyl (C=O) groups excluding carboxylic acids is 1. The molecular formula is C26H36N4O3S. The molecule has 1 amide bonds. The lowest BCUT2D eigenvalue weighted by Gasteiger charge is -2.33. The number of thioether (sulfide) groups is 1. The molecule has 8 heteroatoms. The van der Waals surface area contributed by atoms with Gasteiger partial charge in [0.05, 0.1) is 25.0 Å². The number of amides is 1. The molecule has 0 spiro atoms. The minimum Gasteiger partial charge on any atom is -0.491 e. The highest BCUT2D eigenvalue weighted by Crippen LogP contribution is 2.30. The summed E-state index contributed by atoms with van der Waals surface area (Å²) < 4.78 is 11.1. The van der Waals surface area contributed by atoms with Crippen molar-refractivity contribution in [3.63, 3.8) is 0 Å². The van der Waals surface area contributed by atoms with E-state index in [2.05, 4.69) is 16.8 Å². The average Bonchev–Trinajstić information content (AvgIpc) is 2.85. The maximum absolute atomic E-state index is 13.2. The second kappa shape index (κ2) is 12.0. The first-order valence-electron chi connectivity index (χ1n) is 12.3. The van der Waals surface area contributed by atoms with E-state index in [-0.39, 0.29) is 17.9 Å². The van der Waals surface area contributed by atoms with Crippen LogP contribution < -0.4 is 4.74 Å². The van der Waals surface area contributed by atoms with E-state index in [1.165, 1.54) is 0 Å². The highest BCUT2D eigenvalue weighted by molar-refractivity contribution is 7.99. The molecule has 2 aliphatic heterocycles. The van der Waals surface area contributed by atoms with Gasteiger partial charge in [0.1, 0.15) is 5.75 Å². The lowest BCUT2D eigenvalue weighted by molar-refractivity contribution is 0.0410. The Morgan fingerprint density at radius 2 is 1.97 bits per heavy atom. The van der Waals surface area contributed by atoms with E-state index < -0.39 is 0 Å². The summed E-state index contributed by atoms with van der Waals surface area (Å²) in [7, 11) is 0. The van der Waals surface area contributed by atoms with Gasteiger partial charge in [0.25, 0.3) is 5.91 Å². The average molecular weight is 485 g/mol. The molecule has 34 heavy (non-hydrogen) atoms. The van der Waals surface area contributed by atoms with E-state index in [0.717, 1.165) is 80.2 Å². The molecule has 1 aromatic carbocycles. The van der Waals surface area contributed by atoms with Crippen LogP contribution in [0.4, 0.5) is 0 Å². The van der Waals surface area contributed by atoms with E-state index in [0.29, 0.717) is 12.1 Å². The van der Waals surface area contributed by atoms with Crippen molar-refractivity contribution in [1.29, 1.82) is 0 Å². The Morgan fingerprint density at radius 1 is 1.21 bits per heavy atom. The van der Waals surface area contributed by atoms with Crippen molar-refractivity contribution < 1.29 is 14.3 Å². The zero-order valence-electron chi connectivity index (χ0n) is 20.5. The van der Waals surface area contributed by atoms with Gasteiger partial charge >= 0.3 is 0 Å². The van der Waals surface area contributed by atoms with Crippen LogP contribution in [0.3, 0.4) is 0 Å². The number of nitrogens with zero attached hydrogens (tertiary/aromatic N) is 4. The number of aryl methyl sites for hydroxylation is 1. The first-order chi connectivity index (χ1) is 16.5. The molecule has 0 bridgehead atoms. The van der Waals surface area contributed by atoms with Gasteiger partial charge in [-0.3, -0.25) is 9.69 Å². The first-order valence-corrected chi connectivity index (χ1v) is 13.3. The molecular weight excluding hydrogens is 448 g/mol. The number of morpholine rings is 1. The summed E-state index contributed by atoms with van der Waals surface area (Å²) in [6, 6.07) is 7.49. The van der Waals surface area contributed by atoms with Crippen LogP contribution in [0.1, 0.15) is 54.2 Å². The zero-order valence-corrected chi connectivity index (χ0v) is 21.4. The molecule has 1 atom stereocenters. The molecule has 2 fully saturated rings. The molecule has 2 aliphatic rings. The summed E-state index contributed by atoms with van der Waals surface area (Å²) in [6.07, 6.45) is 4.07. The molecule has 4 rings (SSSR count). The Kier molecular flexibility index (Phi) is 8.80. The molecule has 0 unspecified atom stereocenters. The van der Waals surface area contributed by atoms with Gasteiger partial charge in [-0.05, 0) is 63.4 Å². The molecule has 0 radical (unpaired) electrons. The molecule has 1 aromatic heterocycles. The Morgan fingerprint density at radius 3 is 2.71 bits per heavy atom. The van der Waals surface area contributed by atoms with E-state index in [9.17, 15) is 4.79 Å². The van der Waals surface area contributed by atoms with E-state index in [4.69, 9.17) is 14.5 Å². The van der Waals surface area contributed by atoms with Gasteiger partial charge in [0, 0.05) is 56.2 Å². The van der Waals surface area contributed by atoms with E-state index in [1.807, 2.05) is 49.2 Å². The zero-order chi connectivity index (χ0) is 23.9. The van der Waals surface area contributed by atoms with Gasteiger partial charge in [-0.15, -0.1) is 0 Å². The summed E-state index contributed by atoms with van der Waals surface area (Å²) in [4.78, 5) is 27.1. The molecule has 2 saturated heterocycles. The summed E-state index contributed by atoms with van der Waals surface area (Å²) in [5, 5.41) is 0.832. The summed E-state index contributed by atoms with van der Waals surface area (Å²) in [6.45, 7) is 12.2. The predicted molar refractivity (Wildman–Crippen MR) is 135 cm³/mol. The van der Waals surface area contributed by atoms with Crippen LogP contribution in [-0.2, 0) is 4.74 Å². The quantitative estimate of drug-likeness (QED) is 0.414. The summed E-state index contributed by atoms with van der Waals surface area (Å²) in [5.41, 5.74) is 2.89. The molecule has 2 aromatic rings. The second-order valence-electron chi connectivity index (χ2n) is 9.30. The van der Waals surface area contributed by atoms with Crippen molar-refractivity contribution in [3.05, 3.63) is 47.3 Å². The van der Waals surface area contributed by atoms with Crippen molar-refractivity contribution in [2.24, 2.45) is 0 Å². The maximum Gasteiger partial charge on any atom is 0.253 e. The molecule has 0 aliphatic carbocycles. The van der Waals surface area contributed by atoms with Gasteiger partial charge in [-0.1, -0.05) is 11.8 Å². The van der Waals surface area contributed by atoms with E-state index >= 15 is 0 Å². The van der Waals surface area contributed by atoms with Crippen LogP contribution in [0.25, 0.3) is 0 Å². The second-order valence-corrected chi connectivity index (χ2v) is 10.4. The van der Waals surface area contributed by atoms with Crippen LogP contribution in [0.2, 0.25) is 0 Å². The van der Waals surface area contributed by atoms with Crippen LogP contribution in [-0.4, -0.2) is 83.5 Å². The topological polar surface area (TPSA) is 67.8 Å². The Labute approximate surface area is 207 Å². The number of carbonyl (C=O) groups is 1. The van der Waals surface area contributed by atoms with Gasteiger partial charge < -0.3 is 14.4 Å². The Hall–Kier alpha value is -2.16. The number of hydrogen-bond acceptors (Lipinski definition) is 7. The number of benzene rings is 1. The largest absolute Gasteiger partial charge is 0.491 e. The third-order valence-corrected chi connectivity index (χ3v) is 7.14. The fourth-order valence-electron chi connectivity index (χ4n) is 4.53. The van der Waals surface area contributed by atoms with Gasteiger partial charge in [0.2, 0.25) is 0 Å².